The summed E-state index contributed by atoms with van der Waals surface area (Å²) < 4.78 is 33.9. The Labute approximate surface area is 139 Å². The molecule has 0 radical (unpaired) electrons. The third-order valence-electron chi connectivity index (χ3n) is 4.75. The number of nitrogens with zero attached hydrogens (tertiary/aromatic N) is 2. The van der Waals surface area contributed by atoms with Gasteiger partial charge in [-0.3, -0.25) is 4.57 Å². The molecule has 1 aliphatic heterocycles. The highest BCUT2D eigenvalue weighted by Gasteiger charge is 2.36. The van der Waals surface area contributed by atoms with Crippen LogP contribution < -0.4 is 5.76 Å². The molecule has 0 unspecified atom stereocenters. The molecule has 8 heteroatoms. The van der Waals surface area contributed by atoms with Gasteiger partial charge < -0.3 is 4.42 Å². The molecule has 0 spiro atoms. The Bertz CT molecular complexity index is 915. The number of hydrogen-bond acceptors (Lipinski definition) is 4. The molecule has 0 amide bonds. The van der Waals surface area contributed by atoms with Gasteiger partial charge in [0.15, 0.2) is 5.58 Å². The van der Waals surface area contributed by atoms with Gasteiger partial charge >= 0.3 is 5.76 Å². The number of aryl methyl sites for hydroxylation is 1. The first-order valence-electron chi connectivity index (χ1n) is 7.54. The van der Waals surface area contributed by atoms with Gasteiger partial charge in [0, 0.05) is 25.7 Å². The van der Waals surface area contributed by atoms with E-state index in [-0.39, 0.29) is 27.5 Å². The van der Waals surface area contributed by atoms with E-state index in [9.17, 15) is 13.2 Å². The number of piperidine rings is 1. The van der Waals surface area contributed by atoms with E-state index >= 15 is 0 Å². The van der Waals surface area contributed by atoms with Gasteiger partial charge in [0.05, 0.1) is 10.5 Å². The monoisotopic (exact) mass is 358 g/mol. The highest BCUT2D eigenvalue weighted by molar-refractivity contribution is 7.89. The van der Waals surface area contributed by atoms with Gasteiger partial charge in [-0.15, -0.1) is 0 Å². The Morgan fingerprint density at radius 1 is 1.30 bits per heavy atom. The van der Waals surface area contributed by atoms with Crippen molar-refractivity contribution in [2.45, 2.75) is 37.6 Å². The molecule has 0 aliphatic carbocycles. The lowest BCUT2D eigenvalue weighted by Gasteiger charge is -2.36. The molecule has 1 fully saturated rings. The maximum atomic E-state index is 13.0. The predicted molar refractivity (Wildman–Crippen MR) is 88.2 cm³/mol. The van der Waals surface area contributed by atoms with Crippen LogP contribution in [0, 0.1) is 5.92 Å². The normalized spacial score (nSPS) is 23.5. The third kappa shape index (κ3) is 2.60. The second-order valence-corrected chi connectivity index (χ2v) is 8.42. The van der Waals surface area contributed by atoms with Crippen molar-refractivity contribution in [2.24, 2.45) is 13.0 Å². The molecule has 1 saturated heterocycles. The van der Waals surface area contributed by atoms with Crippen molar-refractivity contribution in [3.63, 3.8) is 0 Å². The van der Waals surface area contributed by atoms with Crippen LogP contribution in [0.1, 0.15) is 26.7 Å². The van der Waals surface area contributed by atoms with Crippen LogP contribution in [0.2, 0.25) is 5.02 Å². The van der Waals surface area contributed by atoms with Crippen LogP contribution in [0.15, 0.2) is 26.2 Å². The molecule has 1 aromatic heterocycles. The molecule has 0 saturated carbocycles. The van der Waals surface area contributed by atoms with Gasteiger partial charge in [0.25, 0.3) is 0 Å². The Morgan fingerprint density at radius 3 is 2.70 bits per heavy atom. The van der Waals surface area contributed by atoms with Gasteiger partial charge in [-0.25, -0.2) is 13.2 Å². The average molecular weight is 359 g/mol. The standard InChI is InChI=1S/C15H19ClN2O4S/c1-9-5-4-6-18(10(9)2)23(20,21)14-8-13-12(7-11(14)16)17(3)15(19)22-13/h7-10H,4-6H2,1-3H3/t9-,10-/m0/s1. The van der Waals surface area contributed by atoms with E-state index in [0.717, 1.165) is 12.8 Å². The summed E-state index contributed by atoms with van der Waals surface area (Å²) in [7, 11) is -2.19. The Kier molecular flexibility index (Phi) is 4.06. The van der Waals surface area contributed by atoms with Crippen LogP contribution in [0.4, 0.5) is 0 Å². The van der Waals surface area contributed by atoms with Gasteiger partial charge in [0.1, 0.15) is 4.90 Å². The zero-order valence-electron chi connectivity index (χ0n) is 13.2. The minimum Gasteiger partial charge on any atom is -0.408 e. The van der Waals surface area contributed by atoms with Gasteiger partial charge in [-0.2, -0.15) is 4.31 Å². The van der Waals surface area contributed by atoms with E-state index < -0.39 is 15.8 Å². The molecule has 1 aliphatic rings. The number of rotatable bonds is 2. The maximum Gasteiger partial charge on any atom is 0.419 e. The SMILES string of the molecule is C[C@H]1CCCN(S(=O)(=O)c2cc3oc(=O)n(C)c3cc2Cl)[C@H]1C. The van der Waals surface area contributed by atoms with Crippen molar-refractivity contribution < 1.29 is 12.8 Å². The molecule has 0 bridgehead atoms. The van der Waals surface area contributed by atoms with E-state index in [0.29, 0.717) is 12.1 Å². The first-order chi connectivity index (χ1) is 10.7. The quantitative estimate of drug-likeness (QED) is 0.827. The summed E-state index contributed by atoms with van der Waals surface area (Å²) in [6.45, 7) is 4.44. The summed E-state index contributed by atoms with van der Waals surface area (Å²) in [5.74, 6) is -0.263. The summed E-state index contributed by atoms with van der Waals surface area (Å²) in [6.07, 6.45) is 1.83. The highest BCUT2D eigenvalue weighted by atomic mass is 35.5. The number of sulfonamides is 1. The average Bonchev–Trinajstić information content (AvgIpc) is 2.76. The van der Waals surface area contributed by atoms with Crippen molar-refractivity contribution in [3.05, 3.63) is 27.7 Å². The summed E-state index contributed by atoms with van der Waals surface area (Å²) in [5.41, 5.74) is 0.692. The summed E-state index contributed by atoms with van der Waals surface area (Å²) >= 11 is 6.21. The molecule has 126 valence electrons. The number of oxazole rings is 1. The van der Waals surface area contributed by atoms with E-state index in [4.69, 9.17) is 16.0 Å². The van der Waals surface area contributed by atoms with Crippen LogP contribution in [-0.4, -0.2) is 29.9 Å². The van der Waals surface area contributed by atoms with Crippen molar-refractivity contribution in [1.82, 2.24) is 8.87 Å². The zero-order chi connectivity index (χ0) is 16.9. The minimum atomic E-state index is -3.74. The predicted octanol–water partition coefficient (Wildman–Crippen LogP) is 2.59. The summed E-state index contributed by atoms with van der Waals surface area (Å²) in [6, 6.07) is 2.72. The van der Waals surface area contributed by atoms with Crippen LogP contribution in [-0.2, 0) is 17.1 Å². The lowest BCUT2D eigenvalue weighted by atomic mass is 9.94. The molecule has 2 aromatic rings. The van der Waals surface area contributed by atoms with Gasteiger partial charge in [-0.1, -0.05) is 18.5 Å². The van der Waals surface area contributed by atoms with E-state index in [1.165, 1.54) is 21.0 Å². The topological polar surface area (TPSA) is 72.5 Å². The zero-order valence-corrected chi connectivity index (χ0v) is 14.8. The first-order valence-corrected chi connectivity index (χ1v) is 9.36. The van der Waals surface area contributed by atoms with Crippen molar-refractivity contribution in [1.29, 1.82) is 0 Å². The van der Waals surface area contributed by atoms with Crippen molar-refractivity contribution in [3.8, 4) is 0 Å². The highest BCUT2D eigenvalue weighted by Crippen LogP contribution is 2.33. The second kappa shape index (κ2) is 5.65. The van der Waals surface area contributed by atoms with Crippen LogP contribution in [0.5, 0.6) is 0 Å². The molecule has 2 atom stereocenters. The molecule has 6 nitrogen and oxygen atoms in total. The smallest absolute Gasteiger partial charge is 0.408 e. The number of hydrogen-bond donors (Lipinski definition) is 0. The van der Waals surface area contributed by atoms with E-state index in [1.54, 1.807) is 7.05 Å². The van der Waals surface area contributed by atoms with Crippen LogP contribution in [0.25, 0.3) is 11.1 Å². The fraction of sp³-hybridized carbons (Fsp3) is 0.533. The molecule has 1 aromatic carbocycles. The lowest BCUT2D eigenvalue weighted by molar-refractivity contribution is 0.202. The summed E-state index contributed by atoms with van der Waals surface area (Å²) in [5, 5.41) is 0.0966. The Balaban J connectivity index is 2.14. The number of fused-ring (bicyclic) bond motifs is 1. The largest absolute Gasteiger partial charge is 0.419 e. The third-order valence-corrected chi connectivity index (χ3v) is 7.20. The molecule has 2 heterocycles. The molecular weight excluding hydrogens is 340 g/mol. The fourth-order valence-electron chi connectivity index (χ4n) is 3.09. The number of benzene rings is 1. The van der Waals surface area contributed by atoms with E-state index in [1.807, 2.05) is 13.8 Å². The minimum absolute atomic E-state index is 0.0121. The van der Waals surface area contributed by atoms with Gasteiger partial charge in [0.2, 0.25) is 10.0 Å². The first kappa shape index (κ1) is 16.5. The summed E-state index contributed by atoms with van der Waals surface area (Å²) in [4.78, 5) is 11.6. The van der Waals surface area contributed by atoms with Crippen molar-refractivity contribution >= 4 is 32.7 Å². The maximum absolute atomic E-state index is 13.0. The molecule has 3 rings (SSSR count). The fourth-order valence-corrected chi connectivity index (χ4v) is 5.37. The second-order valence-electron chi connectivity index (χ2n) is 6.15. The molecule has 0 N–H and O–H groups in total. The van der Waals surface area contributed by atoms with Crippen LogP contribution in [0.3, 0.4) is 0 Å². The molecular formula is C15H19ClN2O4S. The molecule has 23 heavy (non-hydrogen) atoms. The Hall–Kier alpha value is -1.31. The van der Waals surface area contributed by atoms with Crippen molar-refractivity contribution in [2.75, 3.05) is 6.54 Å². The number of aromatic nitrogens is 1. The lowest BCUT2D eigenvalue weighted by Crippen LogP contribution is -2.45. The van der Waals surface area contributed by atoms with Gasteiger partial charge in [-0.05, 0) is 31.7 Å². The number of halogens is 1. The van der Waals surface area contributed by atoms with Crippen LogP contribution >= 0.6 is 11.6 Å². The van der Waals surface area contributed by atoms with E-state index in [2.05, 4.69) is 0 Å². The Morgan fingerprint density at radius 2 is 2.00 bits per heavy atom.